The molecule has 1 amide bonds. The van der Waals surface area contributed by atoms with Crippen LogP contribution in [-0.2, 0) is 4.79 Å². The highest BCUT2D eigenvalue weighted by Crippen LogP contribution is 2.37. The first-order valence-electron chi connectivity index (χ1n) is 7.49. The van der Waals surface area contributed by atoms with Gasteiger partial charge in [0.25, 0.3) is 0 Å². The van der Waals surface area contributed by atoms with E-state index in [0.29, 0.717) is 0 Å². The van der Waals surface area contributed by atoms with Gasteiger partial charge in [0, 0.05) is 13.1 Å². The van der Waals surface area contributed by atoms with Gasteiger partial charge in [-0.1, -0.05) is 38.5 Å². The zero-order valence-electron chi connectivity index (χ0n) is 11.3. The van der Waals surface area contributed by atoms with Crippen molar-refractivity contribution in [3.8, 4) is 6.07 Å². The minimum Gasteiger partial charge on any atom is -0.341 e. The third-order valence-electron chi connectivity index (χ3n) is 4.47. The average molecular weight is 248 g/mol. The lowest BCUT2D eigenvalue weighted by Gasteiger charge is -2.35. The Morgan fingerprint density at radius 2 is 1.39 bits per heavy atom. The fraction of sp³-hybridized carbons (Fsp3) is 0.867. The molecule has 0 spiro atoms. The maximum Gasteiger partial charge on any atom is 0.243 e. The van der Waals surface area contributed by atoms with Crippen molar-refractivity contribution in [1.82, 2.24) is 4.90 Å². The molecular formula is C15H24N2O. The molecule has 2 rings (SSSR count). The molecule has 0 N–H and O–H groups in total. The first kappa shape index (κ1) is 13.4. The summed E-state index contributed by atoms with van der Waals surface area (Å²) in [7, 11) is 0. The minimum atomic E-state index is -0.683. The molecule has 0 aromatic carbocycles. The lowest BCUT2D eigenvalue weighted by molar-refractivity contribution is -0.141. The van der Waals surface area contributed by atoms with E-state index in [1.54, 1.807) is 0 Å². The molecule has 0 aromatic heterocycles. The highest BCUT2D eigenvalue weighted by molar-refractivity contribution is 5.85. The summed E-state index contributed by atoms with van der Waals surface area (Å²) in [6, 6.07) is 2.36. The van der Waals surface area contributed by atoms with Crippen LogP contribution in [0.2, 0.25) is 0 Å². The molecule has 1 aliphatic carbocycles. The maximum absolute atomic E-state index is 12.7. The number of nitrogens with zero attached hydrogens (tertiary/aromatic N) is 2. The minimum absolute atomic E-state index is 0.131. The first-order valence-corrected chi connectivity index (χ1v) is 7.49. The number of carbonyl (C=O) groups excluding carboxylic acids is 1. The molecule has 100 valence electrons. The lowest BCUT2D eigenvalue weighted by Crippen LogP contribution is -2.45. The molecule has 0 aromatic rings. The van der Waals surface area contributed by atoms with E-state index >= 15 is 0 Å². The average Bonchev–Trinajstić information content (AvgIpc) is 2.38. The molecule has 1 saturated heterocycles. The van der Waals surface area contributed by atoms with Crippen LogP contribution in [0.5, 0.6) is 0 Å². The Balaban J connectivity index is 2.05. The Morgan fingerprint density at radius 1 is 0.889 bits per heavy atom. The van der Waals surface area contributed by atoms with Gasteiger partial charge in [0.2, 0.25) is 5.91 Å². The second-order valence-corrected chi connectivity index (χ2v) is 5.81. The lowest BCUT2D eigenvalue weighted by atomic mass is 9.74. The third kappa shape index (κ3) is 2.85. The molecule has 3 nitrogen and oxygen atoms in total. The summed E-state index contributed by atoms with van der Waals surface area (Å²) in [5.41, 5.74) is -0.683. The second kappa shape index (κ2) is 6.22. The zero-order chi connectivity index (χ0) is 12.8. The number of carbonyl (C=O) groups is 1. The SMILES string of the molecule is N#CC1(C(=O)N2CCCCCCC2)CCCCC1. The van der Waals surface area contributed by atoms with E-state index in [1.807, 2.05) is 4.90 Å². The summed E-state index contributed by atoms with van der Waals surface area (Å²) in [5, 5.41) is 9.47. The number of likely N-dealkylation sites (tertiary alicyclic amines) is 1. The summed E-state index contributed by atoms with van der Waals surface area (Å²) < 4.78 is 0. The fourth-order valence-electron chi connectivity index (χ4n) is 3.28. The van der Waals surface area contributed by atoms with Crippen LogP contribution < -0.4 is 0 Å². The number of hydrogen-bond acceptors (Lipinski definition) is 2. The van der Waals surface area contributed by atoms with Crippen LogP contribution in [0.4, 0.5) is 0 Å². The van der Waals surface area contributed by atoms with E-state index in [0.717, 1.165) is 51.6 Å². The van der Waals surface area contributed by atoms with E-state index < -0.39 is 5.41 Å². The van der Waals surface area contributed by atoms with Crippen molar-refractivity contribution in [2.75, 3.05) is 13.1 Å². The molecule has 0 unspecified atom stereocenters. The van der Waals surface area contributed by atoms with Gasteiger partial charge in [-0.15, -0.1) is 0 Å². The van der Waals surface area contributed by atoms with Crippen LogP contribution in [0.15, 0.2) is 0 Å². The van der Waals surface area contributed by atoms with Crippen LogP contribution in [0, 0.1) is 16.7 Å². The van der Waals surface area contributed by atoms with Crippen molar-refractivity contribution in [2.24, 2.45) is 5.41 Å². The van der Waals surface area contributed by atoms with Gasteiger partial charge in [-0.2, -0.15) is 5.26 Å². The molecule has 1 heterocycles. The molecule has 18 heavy (non-hydrogen) atoms. The second-order valence-electron chi connectivity index (χ2n) is 5.81. The smallest absolute Gasteiger partial charge is 0.243 e. The molecule has 2 fully saturated rings. The predicted molar refractivity (Wildman–Crippen MR) is 70.8 cm³/mol. The number of amides is 1. The van der Waals surface area contributed by atoms with Crippen molar-refractivity contribution in [3.63, 3.8) is 0 Å². The summed E-state index contributed by atoms with van der Waals surface area (Å²) in [6.45, 7) is 1.73. The monoisotopic (exact) mass is 248 g/mol. The highest BCUT2D eigenvalue weighted by Gasteiger charge is 2.42. The van der Waals surface area contributed by atoms with Crippen molar-refractivity contribution in [1.29, 1.82) is 5.26 Å². The van der Waals surface area contributed by atoms with Crippen LogP contribution in [0.1, 0.15) is 64.2 Å². The summed E-state index contributed by atoms with van der Waals surface area (Å²) in [4.78, 5) is 14.7. The normalized spacial score (nSPS) is 24.7. The predicted octanol–water partition coefficient (Wildman–Crippen LogP) is 3.25. The first-order chi connectivity index (χ1) is 8.78. The van der Waals surface area contributed by atoms with E-state index in [4.69, 9.17) is 0 Å². The third-order valence-corrected chi connectivity index (χ3v) is 4.47. The van der Waals surface area contributed by atoms with Gasteiger partial charge in [0.15, 0.2) is 0 Å². The Bertz CT molecular complexity index is 318. The Labute approximate surface area is 110 Å². The van der Waals surface area contributed by atoms with Crippen LogP contribution in [0.25, 0.3) is 0 Å². The molecule has 2 aliphatic rings. The number of hydrogen-bond donors (Lipinski definition) is 0. The van der Waals surface area contributed by atoms with Gasteiger partial charge >= 0.3 is 0 Å². The fourth-order valence-corrected chi connectivity index (χ4v) is 3.28. The Kier molecular flexibility index (Phi) is 4.63. The molecule has 3 heteroatoms. The highest BCUT2D eigenvalue weighted by atomic mass is 16.2. The van der Waals surface area contributed by atoms with Gasteiger partial charge < -0.3 is 4.90 Å². The standard InChI is InChI=1S/C15H24N2O/c16-13-15(9-5-4-6-10-15)14(18)17-11-7-2-1-3-8-12-17/h1-12H2. The van der Waals surface area contributed by atoms with Crippen LogP contribution in [-0.4, -0.2) is 23.9 Å². The Hall–Kier alpha value is -1.04. The van der Waals surface area contributed by atoms with E-state index in [1.165, 1.54) is 25.7 Å². The summed E-state index contributed by atoms with van der Waals surface area (Å²) >= 11 is 0. The number of rotatable bonds is 1. The zero-order valence-corrected chi connectivity index (χ0v) is 11.3. The topological polar surface area (TPSA) is 44.1 Å². The number of nitriles is 1. The van der Waals surface area contributed by atoms with Crippen molar-refractivity contribution in [3.05, 3.63) is 0 Å². The molecule has 0 atom stereocenters. The van der Waals surface area contributed by atoms with E-state index in [2.05, 4.69) is 6.07 Å². The van der Waals surface area contributed by atoms with Crippen LogP contribution >= 0.6 is 0 Å². The molecule has 1 saturated carbocycles. The van der Waals surface area contributed by atoms with Crippen LogP contribution in [0.3, 0.4) is 0 Å². The molecular weight excluding hydrogens is 224 g/mol. The van der Waals surface area contributed by atoms with Gasteiger partial charge in [0.1, 0.15) is 5.41 Å². The maximum atomic E-state index is 12.7. The van der Waals surface area contributed by atoms with E-state index in [-0.39, 0.29) is 5.91 Å². The van der Waals surface area contributed by atoms with Gasteiger partial charge in [-0.25, -0.2) is 0 Å². The van der Waals surface area contributed by atoms with Gasteiger partial charge in [-0.3, -0.25) is 4.79 Å². The van der Waals surface area contributed by atoms with Crippen molar-refractivity contribution in [2.45, 2.75) is 64.2 Å². The van der Waals surface area contributed by atoms with Gasteiger partial charge in [-0.05, 0) is 25.7 Å². The largest absolute Gasteiger partial charge is 0.341 e. The quantitative estimate of drug-likeness (QED) is 0.715. The van der Waals surface area contributed by atoms with E-state index in [9.17, 15) is 10.1 Å². The molecule has 1 aliphatic heterocycles. The molecule has 0 bridgehead atoms. The molecule has 0 radical (unpaired) electrons. The van der Waals surface area contributed by atoms with Crippen molar-refractivity contribution >= 4 is 5.91 Å². The van der Waals surface area contributed by atoms with Crippen molar-refractivity contribution < 1.29 is 4.79 Å². The summed E-state index contributed by atoms with van der Waals surface area (Å²) in [5.74, 6) is 0.131. The summed E-state index contributed by atoms with van der Waals surface area (Å²) in [6.07, 6.45) is 10.8. The van der Waals surface area contributed by atoms with Gasteiger partial charge in [0.05, 0.1) is 6.07 Å². The Morgan fingerprint density at radius 3 is 1.94 bits per heavy atom.